The van der Waals surface area contributed by atoms with E-state index in [0.29, 0.717) is 36.8 Å². The predicted octanol–water partition coefficient (Wildman–Crippen LogP) is 1.97. The van der Waals surface area contributed by atoms with Crippen molar-refractivity contribution >= 4 is 22.8 Å². The Balaban J connectivity index is 1.31. The Kier molecular flexibility index (Phi) is 7.07. The molecule has 34 heavy (non-hydrogen) atoms. The van der Waals surface area contributed by atoms with E-state index in [2.05, 4.69) is 9.72 Å². The summed E-state index contributed by atoms with van der Waals surface area (Å²) in [4.78, 5) is 41.5. The number of carbonyl (C=O) groups excluding carboxylic acids is 2. The van der Waals surface area contributed by atoms with E-state index in [0.717, 1.165) is 10.9 Å². The van der Waals surface area contributed by atoms with Gasteiger partial charge in [0.15, 0.2) is 6.61 Å². The maximum atomic E-state index is 12.7. The summed E-state index contributed by atoms with van der Waals surface area (Å²) in [6.07, 6.45) is 2.53. The molecule has 1 saturated heterocycles. The molecule has 178 valence electrons. The smallest absolute Gasteiger partial charge is 0.339 e. The number of rotatable bonds is 7. The van der Waals surface area contributed by atoms with Crippen LogP contribution in [0.25, 0.3) is 11.0 Å². The molecule has 1 aromatic carbocycles. The van der Waals surface area contributed by atoms with Crippen molar-refractivity contribution in [1.82, 2.24) is 9.88 Å². The number of methoxy groups -OCH3 is 1. The van der Waals surface area contributed by atoms with Gasteiger partial charge in [-0.2, -0.15) is 0 Å². The van der Waals surface area contributed by atoms with Gasteiger partial charge in [0.1, 0.15) is 29.8 Å². The first-order valence-electron chi connectivity index (χ1n) is 10.7. The van der Waals surface area contributed by atoms with Crippen LogP contribution in [0.4, 0.5) is 0 Å². The lowest BCUT2D eigenvalue weighted by atomic mass is 10.1. The number of pyridine rings is 1. The van der Waals surface area contributed by atoms with E-state index < -0.39 is 11.6 Å². The SMILES string of the molecule is COC(=O)c1cncc(OCC2CN(C(=O)COc3ccc4c(C)cc(=O)oc4c3)CCO2)c1. The van der Waals surface area contributed by atoms with Gasteiger partial charge in [0.2, 0.25) is 0 Å². The van der Waals surface area contributed by atoms with Crippen LogP contribution in [0.15, 0.2) is 51.9 Å². The van der Waals surface area contributed by atoms with Gasteiger partial charge in [-0.15, -0.1) is 0 Å². The molecule has 1 aliphatic heterocycles. The average molecular weight is 468 g/mol. The molecule has 0 bridgehead atoms. The summed E-state index contributed by atoms with van der Waals surface area (Å²) in [5, 5.41) is 0.807. The number of amides is 1. The number of esters is 1. The number of morpholine rings is 1. The Morgan fingerprint density at radius 2 is 2.00 bits per heavy atom. The second kappa shape index (κ2) is 10.3. The normalized spacial score (nSPS) is 15.7. The summed E-state index contributed by atoms with van der Waals surface area (Å²) >= 11 is 0. The summed E-state index contributed by atoms with van der Waals surface area (Å²) in [5.74, 6) is 0.123. The standard InChI is InChI=1S/C24H24N2O8/c1-15-7-23(28)34-21-9-17(3-4-20(15)21)33-14-22(27)26-5-6-31-19(12-26)13-32-18-8-16(10-25-11-18)24(29)30-2/h3-4,7-11,19H,5-6,12-14H2,1-2H3. The van der Waals surface area contributed by atoms with Crippen molar-refractivity contribution in [3.8, 4) is 11.5 Å². The minimum Gasteiger partial charge on any atom is -0.489 e. The quantitative estimate of drug-likeness (QED) is 0.379. The van der Waals surface area contributed by atoms with E-state index >= 15 is 0 Å². The lowest BCUT2D eigenvalue weighted by molar-refractivity contribution is -0.142. The fraction of sp³-hybridized carbons (Fsp3) is 0.333. The van der Waals surface area contributed by atoms with Gasteiger partial charge in [-0.3, -0.25) is 9.78 Å². The molecular weight excluding hydrogens is 444 g/mol. The highest BCUT2D eigenvalue weighted by Gasteiger charge is 2.25. The Labute approximate surface area is 195 Å². The van der Waals surface area contributed by atoms with Crippen LogP contribution >= 0.6 is 0 Å². The fourth-order valence-electron chi connectivity index (χ4n) is 3.59. The van der Waals surface area contributed by atoms with E-state index in [1.807, 2.05) is 6.92 Å². The maximum Gasteiger partial charge on any atom is 0.339 e. The van der Waals surface area contributed by atoms with Crippen molar-refractivity contribution in [2.45, 2.75) is 13.0 Å². The monoisotopic (exact) mass is 468 g/mol. The van der Waals surface area contributed by atoms with Gasteiger partial charge in [0.25, 0.3) is 5.91 Å². The number of carbonyl (C=O) groups is 2. The summed E-state index contributed by atoms with van der Waals surface area (Å²) in [6.45, 7) is 2.97. The Hall–Kier alpha value is -3.92. The van der Waals surface area contributed by atoms with E-state index in [9.17, 15) is 14.4 Å². The molecule has 1 unspecified atom stereocenters. The fourth-order valence-corrected chi connectivity index (χ4v) is 3.59. The van der Waals surface area contributed by atoms with E-state index in [4.69, 9.17) is 18.6 Å². The molecule has 1 amide bonds. The first-order chi connectivity index (χ1) is 16.4. The molecule has 2 aromatic heterocycles. The van der Waals surface area contributed by atoms with Crippen LogP contribution in [0.3, 0.4) is 0 Å². The zero-order chi connectivity index (χ0) is 24.1. The Morgan fingerprint density at radius 3 is 2.82 bits per heavy atom. The van der Waals surface area contributed by atoms with Gasteiger partial charge in [0.05, 0.1) is 32.0 Å². The average Bonchev–Trinajstić information content (AvgIpc) is 2.85. The van der Waals surface area contributed by atoms with Crippen molar-refractivity contribution in [3.63, 3.8) is 0 Å². The summed E-state index contributed by atoms with van der Waals surface area (Å²) in [5.41, 5.74) is 1.06. The molecular formula is C24H24N2O8. The van der Waals surface area contributed by atoms with Gasteiger partial charge in [0, 0.05) is 30.3 Å². The van der Waals surface area contributed by atoms with Crippen LogP contribution in [-0.4, -0.2) is 67.9 Å². The third-order valence-electron chi connectivity index (χ3n) is 5.35. The highest BCUT2D eigenvalue weighted by molar-refractivity contribution is 5.89. The predicted molar refractivity (Wildman–Crippen MR) is 120 cm³/mol. The van der Waals surface area contributed by atoms with Crippen molar-refractivity contribution in [3.05, 3.63) is 64.3 Å². The number of hydrogen-bond donors (Lipinski definition) is 0. The number of nitrogens with zero attached hydrogens (tertiary/aromatic N) is 2. The van der Waals surface area contributed by atoms with Crippen LogP contribution in [-0.2, 0) is 14.3 Å². The Bertz CT molecular complexity index is 1260. The third-order valence-corrected chi connectivity index (χ3v) is 5.35. The number of ether oxygens (including phenoxy) is 4. The van der Waals surface area contributed by atoms with Crippen LogP contribution in [0.5, 0.6) is 11.5 Å². The minimum atomic E-state index is -0.507. The number of fused-ring (bicyclic) bond motifs is 1. The second-order valence-corrected chi connectivity index (χ2v) is 7.74. The molecule has 10 nitrogen and oxygen atoms in total. The van der Waals surface area contributed by atoms with Crippen molar-refractivity contribution in [2.24, 2.45) is 0 Å². The molecule has 3 aromatic rings. The first kappa shape index (κ1) is 23.2. The zero-order valence-electron chi connectivity index (χ0n) is 18.8. The highest BCUT2D eigenvalue weighted by Crippen LogP contribution is 2.22. The van der Waals surface area contributed by atoms with E-state index in [1.165, 1.54) is 31.6 Å². The lowest BCUT2D eigenvalue weighted by Gasteiger charge is -2.32. The molecule has 3 heterocycles. The van der Waals surface area contributed by atoms with Crippen LogP contribution in [0, 0.1) is 6.92 Å². The topological polar surface area (TPSA) is 117 Å². The van der Waals surface area contributed by atoms with Crippen LogP contribution in [0.2, 0.25) is 0 Å². The van der Waals surface area contributed by atoms with Gasteiger partial charge in [-0.25, -0.2) is 9.59 Å². The summed E-state index contributed by atoms with van der Waals surface area (Å²) in [6, 6.07) is 8.08. The molecule has 4 rings (SSSR count). The van der Waals surface area contributed by atoms with Crippen LogP contribution < -0.4 is 15.1 Å². The number of aromatic nitrogens is 1. The molecule has 1 aliphatic rings. The molecule has 1 fully saturated rings. The molecule has 10 heteroatoms. The number of aryl methyl sites for hydroxylation is 1. The maximum absolute atomic E-state index is 12.7. The summed E-state index contributed by atoms with van der Waals surface area (Å²) < 4.78 is 26.9. The number of benzene rings is 1. The molecule has 0 aliphatic carbocycles. The van der Waals surface area contributed by atoms with Crippen molar-refractivity contribution in [1.29, 1.82) is 0 Å². The molecule has 0 radical (unpaired) electrons. The Morgan fingerprint density at radius 1 is 1.15 bits per heavy atom. The van der Waals surface area contributed by atoms with Crippen molar-refractivity contribution in [2.75, 3.05) is 40.0 Å². The van der Waals surface area contributed by atoms with Gasteiger partial charge < -0.3 is 28.3 Å². The van der Waals surface area contributed by atoms with Crippen LogP contribution in [0.1, 0.15) is 15.9 Å². The second-order valence-electron chi connectivity index (χ2n) is 7.74. The summed E-state index contributed by atoms with van der Waals surface area (Å²) in [7, 11) is 1.29. The van der Waals surface area contributed by atoms with Gasteiger partial charge >= 0.3 is 11.6 Å². The highest BCUT2D eigenvalue weighted by atomic mass is 16.5. The third kappa shape index (κ3) is 5.52. The van der Waals surface area contributed by atoms with E-state index in [-0.39, 0.29) is 30.8 Å². The minimum absolute atomic E-state index is 0.166. The van der Waals surface area contributed by atoms with Crippen molar-refractivity contribution < 1.29 is 33.0 Å². The van der Waals surface area contributed by atoms with Gasteiger partial charge in [-0.1, -0.05) is 0 Å². The molecule has 0 saturated carbocycles. The number of hydrogen-bond acceptors (Lipinski definition) is 9. The van der Waals surface area contributed by atoms with Gasteiger partial charge in [-0.05, 0) is 30.7 Å². The molecule has 1 atom stereocenters. The largest absolute Gasteiger partial charge is 0.489 e. The molecule has 0 N–H and O–H groups in total. The first-order valence-corrected chi connectivity index (χ1v) is 10.7. The van der Waals surface area contributed by atoms with E-state index in [1.54, 1.807) is 23.1 Å². The molecule has 0 spiro atoms. The lowest BCUT2D eigenvalue weighted by Crippen LogP contribution is -2.49. The zero-order valence-corrected chi connectivity index (χ0v) is 18.8.